The van der Waals surface area contributed by atoms with E-state index in [2.05, 4.69) is 17.6 Å². The Bertz CT molecular complexity index is 144. The minimum absolute atomic E-state index is 0.348. The van der Waals surface area contributed by atoms with Gasteiger partial charge >= 0.3 is 0 Å². The summed E-state index contributed by atoms with van der Waals surface area (Å²) in [6.45, 7) is 2.05. The maximum absolute atomic E-state index is 4.23. The van der Waals surface area contributed by atoms with Gasteiger partial charge in [-0.2, -0.15) is 12.6 Å². The van der Waals surface area contributed by atoms with Crippen molar-refractivity contribution >= 4 is 12.6 Å². The summed E-state index contributed by atoms with van der Waals surface area (Å²) in [6, 6.07) is 2.03. The number of rotatable bonds is 1. The molecule has 1 unspecified atom stereocenters. The van der Waals surface area contributed by atoms with E-state index in [0.29, 0.717) is 5.25 Å². The van der Waals surface area contributed by atoms with Gasteiger partial charge in [0, 0.05) is 17.6 Å². The predicted octanol–water partition coefficient (Wildman–Crippen LogP) is 2.01. The number of nitrogens with one attached hydrogen (secondary N) is 1. The highest BCUT2D eigenvalue weighted by Gasteiger charge is 1.95. The van der Waals surface area contributed by atoms with Crippen molar-refractivity contribution in [3.63, 3.8) is 0 Å². The monoisotopic (exact) mass is 127 g/mol. The van der Waals surface area contributed by atoms with Gasteiger partial charge in [0.15, 0.2) is 0 Å². The van der Waals surface area contributed by atoms with Crippen LogP contribution in [-0.4, -0.2) is 4.98 Å². The van der Waals surface area contributed by atoms with Crippen LogP contribution in [-0.2, 0) is 0 Å². The van der Waals surface area contributed by atoms with Gasteiger partial charge in [-0.3, -0.25) is 0 Å². The van der Waals surface area contributed by atoms with E-state index in [0.717, 1.165) is 0 Å². The fourth-order valence-corrected chi connectivity index (χ4v) is 0.757. The smallest absolute Gasteiger partial charge is 0.0253 e. The van der Waals surface area contributed by atoms with E-state index < -0.39 is 0 Å². The first-order chi connectivity index (χ1) is 3.80. The molecule has 1 N–H and O–H groups in total. The van der Waals surface area contributed by atoms with E-state index in [1.807, 2.05) is 25.4 Å². The molecule has 0 saturated heterocycles. The molecule has 0 spiro atoms. The maximum Gasteiger partial charge on any atom is 0.0253 e. The molecule has 0 radical (unpaired) electrons. The van der Waals surface area contributed by atoms with E-state index in [4.69, 9.17) is 0 Å². The Morgan fingerprint density at radius 1 is 1.75 bits per heavy atom. The standard InChI is InChI=1S/C6H9NS/c1-5(8)6-2-3-7-4-6/h2-5,7-8H,1H3. The molecule has 44 valence electrons. The summed E-state index contributed by atoms with van der Waals surface area (Å²) >= 11 is 4.23. The van der Waals surface area contributed by atoms with Crippen LogP contribution in [0.2, 0.25) is 0 Å². The van der Waals surface area contributed by atoms with Crippen molar-refractivity contribution in [2.24, 2.45) is 0 Å². The van der Waals surface area contributed by atoms with Crippen LogP contribution in [0.5, 0.6) is 0 Å². The molecule has 0 aromatic carbocycles. The summed E-state index contributed by atoms with van der Waals surface area (Å²) in [5.41, 5.74) is 1.24. The van der Waals surface area contributed by atoms with Crippen molar-refractivity contribution in [1.29, 1.82) is 0 Å². The first-order valence-corrected chi connectivity index (χ1v) is 3.13. The van der Waals surface area contributed by atoms with Crippen LogP contribution in [0.15, 0.2) is 18.5 Å². The normalized spacial score (nSPS) is 13.8. The minimum Gasteiger partial charge on any atom is -0.367 e. The van der Waals surface area contributed by atoms with Crippen molar-refractivity contribution in [3.8, 4) is 0 Å². The van der Waals surface area contributed by atoms with Crippen molar-refractivity contribution in [2.75, 3.05) is 0 Å². The molecule has 0 fully saturated rings. The van der Waals surface area contributed by atoms with Crippen LogP contribution in [0, 0.1) is 0 Å². The lowest BCUT2D eigenvalue weighted by atomic mass is 10.3. The van der Waals surface area contributed by atoms with Gasteiger partial charge < -0.3 is 4.98 Å². The Hall–Kier alpha value is -0.370. The first-order valence-electron chi connectivity index (χ1n) is 2.61. The Kier molecular flexibility index (Phi) is 1.63. The van der Waals surface area contributed by atoms with Gasteiger partial charge in [-0.25, -0.2) is 0 Å². The second-order valence-corrected chi connectivity index (χ2v) is 2.59. The van der Waals surface area contributed by atoms with Gasteiger partial charge in [0.25, 0.3) is 0 Å². The zero-order valence-corrected chi connectivity index (χ0v) is 5.65. The van der Waals surface area contributed by atoms with Crippen LogP contribution < -0.4 is 0 Å². The number of aromatic nitrogens is 1. The lowest BCUT2D eigenvalue weighted by Crippen LogP contribution is -1.75. The highest BCUT2D eigenvalue weighted by atomic mass is 32.1. The SMILES string of the molecule is CC(S)c1cc[nH]c1. The third-order valence-electron chi connectivity index (χ3n) is 1.10. The maximum atomic E-state index is 4.23. The predicted molar refractivity (Wildman–Crippen MR) is 38.2 cm³/mol. The molecule has 1 heterocycles. The van der Waals surface area contributed by atoms with E-state index in [1.165, 1.54) is 5.56 Å². The molecule has 0 bridgehead atoms. The second-order valence-electron chi connectivity index (χ2n) is 1.82. The van der Waals surface area contributed by atoms with Crippen LogP contribution in [0.4, 0.5) is 0 Å². The van der Waals surface area contributed by atoms with Crippen molar-refractivity contribution in [1.82, 2.24) is 4.98 Å². The molecular weight excluding hydrogens is 118 g/mol. The molecule has 0 aliphatic rings. The molecule has 1 rings (SSSR count). The Balaban J connectivity index is 2.77. The van der Waals surface area contributed by atoms with Gasteiger partial charge in [0.2, 0.25) is 0 Å². The van der Waals surface area contributed by atoms with Gasteiger partial charge in [0.05, 0.1) is 0 Å². The molecule has 0 aliphatic heterocycles. The molecule has 1 aromatic heterocycles. The summed E-state index contributed by atoms with van der Waals surface area (Å²) in [5, 5.41) is 0.348. The topological polar surface area (TPSA) is 15.8 Å². The lowest BCUT2D eigenvalue weighted by Gasteiger charge is -1.95. The van der Waals surface area contributed by atoms with Crippen LogP contribution in [0.25, 0.3) is 0 Å². The van der Waals surface area contributed by atoms with Crippen LogP contribution >= 0.6 is 12.6 Å². The Morgan fingerprint density at radius 2 is 2.50 bits per heavy atom. The quantitative estimate of drug-likeness (QED) is 0.537. The third-order valence-corrected chi connectivity index (χ3v) is 1.40. The second kappa shape index (κ2) is 2.27. The van der Waals surface area contributed by atoms with E-state index in [9.17, 15) is 0 Å². The molecule has 8 heavy (non-hydrogen) atoms. The number of hydrogen-bond donors (Lipinski definition) is 2. The molecule has 1 atom stereocenters. The zero-order valence-electron chi connectivity index (χ0n) is 4.76. The van der Waals surface area contributed by atoms with E-state index in [-0.39, 0.29) is 0 Å². The molecule has 2 heteroatoms. The van der Waals surface area contributed by atoms with E-state index >= 15 is 0 Å². The number of hydrogen-bond acceptors (Lipinski definition) is 1. The molecule has 1 nitrogen and oxygen atoms in total. The van der Waals surface area contributed by atoms with E-state index in [1.54, 1.807) is 0 Å². The number of aromatic amines is 1. The average molecular weight is 127 g/mol. The Labute approximate surface area is 54.5 Å². The summed E-state index contributed by atoms with van der Waals surface area (Å²) < 4.78 is 0. The van der Waals surface area contributed by atoms with Crippen LogP contribution in [0.3, 0.4) is 0 Å². The highest BCUT2D eigenvalue weighted by molar-refractivity contribution is 7.80. The van der Waals surface area contributed by atoms with Gasteiger partial charge in [-0.05, 0) is 18.6 Å². The minimum atomic E-state index is 0.348. The molecule has 1 aromatic rings. The fraction of sp³-hybridized carbons (Fsp3) is 0.333. The molecule has 0 aliphatic carbocycles. The fourth-order valence-electron chi connectivity index (χ4n) is 0.597. The summed E-state index contributed by atoms with van der Waals surface area (Å²) in [4.78, 5) is 2.96. The summed E-state index contributed by atoms with van der Waals surface area (Å²) in [7, 11) is 0. The van der Waals surface area contributed by atoms with Crippen LogP contribution in [0.1, 0.15) is 17.7 Å². The molecule has 0 amide bonds. The van der Waals surface area contributed by atoms with Gasteiger partial charge in [-0.1, -0.05) is 0 Å². The Morgan fingerprint density at radius 3 is 2.75 bits per heavy atom. The van der Waals surface area contributed by atoms with Gasteiger partial charge in [0.1, 0.15) is 0 Å². The zero-order chi connectivity index (χ0) is 5.98. The first kappa shape index (κ1) is 5.76. The van der Waals surface area contributed by atoms with Crippen molar-refractivity contribution in [2.45, 2.75) is 12.2 Å². The lowest BCUT2D eigenvalue weighted by molar-refractivity contribution is 1.12. The third kappa shape index (κ3) is 1.07. The largest absolute Gasteiger partial charge is 0.367 e. The van der Waals surface area contributed by atoms with Crippen molar-refractivity contribution < 1.29 is 0 Å². The van der Waals surface area contributed by atoms with Gasteiger partial charge in [-0.15, -0.1) is 0 Å². The highest BCUT2D eigenvalue weighted by Crippen LogP contribution is 2.16. The average Bonchev–Trinajstić information content (AvgIpc) is 2.12. The molecule has 0 saturated carbocycles. The number of H-pyrrole nitrogens is 1. The van der Waals surface area contributed by atoms with Crippen molar-refractivity contribution in [3.05, 3.63) is 24.0 Å². The molecular formula is C6H9NS. The summed E-state index contributed by atoms with van der Waals surface area (Å²) in [5.74, 6) is 0. The summed E-state index contributed by atoms with van der Waals surface area (Å²) in [6.07, 6.45) is 3.86. The number of thiol groups is 1.